The Labute approximate surface area is 115 Å². The number of methoxy groups -OCH3 is 1. The quantitative estimate of drug-likeness (QED) is 0.723. The zero-order valence-corrected chi connectivity index (χ0v) is 12.3. The van der Waals surface area contributed by atoms with Crippen LogP contribution in [0.15, 0.2) is 24.3 Å². The second-order valence-corrected chi connectivity index (χ2v) is 4.93. The van der Waals surface area contributed by atoms with Crippen LogP contribution in [0.3, 0.4) is 0 Å². The minimum Gasteiger partial charge on any atom is -0.497 e. The van der Waals surface area contributed by atoms with Crippen LogP contribution in [0.2, 0.25) is 0 Å². The molecule has 106 valence electrons. The van der Waals surface area contributed by atoms with E-state index in [2.05, 4.69) is 0 Å². The second kappa shape index (κ2) is 7.95. The molecule has 0 aromatic heterocycles. The standard InChI is InChI=1S/C16H24O3/c1-5-19-16(12(2)3)15(17)11-8-13-6-9-14(18-4)10-7-13/h6-7,9-10,12,16H,5,8,11H2,1-4H3. The van der Waals surface area contributed by atoms with Gasteiger partial charge in [0.25, 0.3) is 0 Å². The van der Waals surface area contributed by atoms with Crippen molar-refractivity contribution in [1.29, 1.82) is 0 Å². The maximum absolute atomic E-state index is 12.1. The Morgan fingerprint density at radius 3 is 2.32 bits per heavy atom. The lowest BCUT2D eigenvalue weighted by Gasteiger charge is -2.19. The van der Waals surface area contributed by atoms with Crippen molar-refractivity contribution in [3.63, 3.8) is 0 Å². The summed E-state index contributed by atoms with van der Waals surface area (Å²) in [6.07, 6.45) is 0.997. The number of carbonyl (C=O) groups excluding carboxylic acids is 1. The van der Waals surface area contributed by atoms with Gasteiger partial charge in [0, 0.05) is 13.0 Å². The average molecular weight is 264 g/mol. The molecule has 0 bridgehead atoms. The van der Waals surface area contributed by atoms with Crippen LogP contribution in [-0.4, -0.2) is 25.6 Å². The highest BCUT2D eigenvalue weighted by Gasteiger charge is 2.21. The summed E-state index contributed by atoms with van der Waals surface area (Å²) >= 11 is 0. The Morgan fingerprint density at radius 1 is 1.21 bits per heavy atom. The van der Waals surface area contributed by atoms with Crippen molar-refractivity contribution in [1.82, 2.24) is 0 Å². The molecule has 1 aromatic rings. The average Bonchev–Trinajstić information content (AvgIpc) is 2.42. The van der Waals surface area contributed by atoms with E-state index in [0.29, 0.717) is 13.0 Å². The van der Waals surface area contributed by atoms with Crippen molar-refractivity contribution in [3.05, 3.63) is 29.8 Å². The third kappa shape index (κ3) is 5.03. The first kappa shape index (κ1) is 15.7. The number of benzene rings is 1. The van der Waals surface area contributed by atoms with Gasteiger partial charge < -0.3 is 9.47 Å². The molecule has 0 saturated carbocycles. The zero-order valence-electron chi connectivity index (χ0n) is 12.3. The first-order chi connectivity index (χ1) is 9.08. The fourth-order valence-corrected chi connectivity index (χ4v) is 2.04. The molecule has 0 saturated heterocycles. The number of Topliss-reactive ketones (excluding diaryl/α,β-unsaturated/α-hetero) is 1. The van der Waals surface area contributed by atoms with E-state index in [1.165, 1.54) is 0 Å². The molecule has 1 atom stereocenters. The predicted octanol–water partition coefficient (Wildman–Crippen LogP) is 3.26. The van der Waals surface area contributed by atoms with Crippen molar-refractivity contribution < 1.29 is 14.3 Å². The number of carbonyl (C=O) groups is 1. The lowest BCUT2D eigenvalue weighted by atomic mass is 9.98. The smallest absolute Gasteiger partial charge is 0.162 e. The van der Waals surface area contributed by atoms with Crippen molar-refractivity contribution >= 4 is 5.78 Å². The Kier molecular flexibility index (Phi) is 6.57. The summed E-state index contributed by atoms with van der Waals surface area (Å²) in [5.41, 5.74) is 1.15. The Morgan fingerprint density at radius 2 is 1.84 bits per heavy atom. The van der Waals surface area contributed by atoms with Crippen LogP contribution in [-0.2, 0) is 16.0 Å². The molecular formula is C16H24O3. The van der Waals surface area contributed by atoms with Gasteiger partial charge in [0.05, 0.1) is 7.11 Å². The molecule has 0 aliphatic carbocycles. The maximum Gasteiger partial charge on any atom is 0.162 e. The van der Waals surface area contributed by atoms with Crippen LogP contribution in [0, 0.1) is 5.92 Å². The predicted molar refractivity (Wildman–Crippen MR) is 76.6 cm³/mol. The SMILES string of the molecule is CCOC(C(=O)CCc1ccc(OC)cc1)C(C)C. The molecule has 3 heteroatoms. The van der Waals surface area contributed by atoms with Gasteiger partial charge in [0.1, 0.15) is 11.9 Å². The van der Waals surface area contributed by atoms with E-state index in [1.807, 2.05) is 45.0 Å². The fourth-order valence-electron chi connectivity index (χ4n) is 2.04. The van der Waals surface area contributed by atoms with Crippen molar-refractivity contribution in [2.24, 2.45) is 5.92 Å². The van der Waals surface area contributed by atoms with Gasteiger partial charge in [0.2, 0.25) is 0 Å². The molecule has 1 unspecified atom stereocenters. The summed E-state index contributed by atoms with van der Waals surface area (Å²) < 4.78 is 10.6. The van der Waals surface area contributed by atoms with Crippen molar-refractivity contribution in [2.45, 2.75) is 39.7 Å². The molecule has 0 fully saturated rings. The highest BCUT2D eigenvalue weighted by atomic mass is 16.5. The molecule has 0 radical (unpaired) electrons. The second-order valence-electron chi connectivity index (χ2n) is 4.93. The molecule has 1 aromatic carbocycles. The van der Waals surface area contributed by atoms with Crippen LogP contribution in [0.25, 0.3) is 0 Å². The maximum atomic E-state index is 12.1. The highest BCUT2D eigenvalue weighted by molar-refractivity contribution is 5.83. The minimum atomic E-state index is -0.275. The largest absolute Gasteiger partial charge is 0.497 e. The monoisotopic (exact) mass is 264 g/mol. The first-order valence-electron chi connectivity index (χ1n) is 6.85. The van der Waals surface area contributed by atoms with Crippen LogP contribution < -0.4 is 4.74 Å². The number of ketones is 1. The molecule has 19 heavy (non-hydrogen) atoms. The van der Waals surface area contributed by atoms with Gasteiger partial charge in [-0.1, -0.05) is 26.0 Å². The van der Waals surface area contributed by atoms with Crippen LogP contribution in [0.1, 0.15) is 32.8 Å². The molecule has 3 nitrogen and oxygen atoms in total. The molecule has 0 aliphatic heterocycles. The van der Waals surface area contributed by atoms with E-state index < -0.39 is 0 Å². The van der Waals surface area contributed by atoms with Gasteiger partial charge in [-0.15, -0.1) is 0 Å². The summed E-state index contributed by atoms with van der Waals surface area (Å²) in [7, 11) is 1.65. The Hall–Kier alpha value is -1.35. The van der Waals surface area contributed by atoms with Crippen LogP contribution in [0.4, 0.5) is 0 Å². The highest BCUT2D eigenvalue weighted by Crippen LogP contribution is 2.15. The Bertz CT molecular complexity index is 381. The zero-order chi connectivity index (χ0) is 14.3. The number of ether oxygens (including phenoxy) is 2. The molecule has 0 heterocycles. The summed E-state index contributed by atoms with van der Waals surface area (Å²) in [6, 6.07) is 7.83. The topological polar surface area (TPSA) is 35.5 Å². The van der Waals surface area contributed by atoms with Crippen molar-refractivity contribution in [3.8, 4) is 5.75 Å². The number of hydrogen-bond acceptors (Lipinski definition) is 3. The summed E-state index contributed by atoms with van der Waals surface area (Å²) in [5, 5.41) is 0. The molecule has 0 N–H and O–H groups in total. The fraction of sp³-hybridized carbons (Fsp3) is 0.562. The van der Waals surface area contributed by atoms with Gasteiger partial charge >= 0.3 is 0 Å². The number of hydrogen-bond donors (Lipinski definition) is 0. The summed E-state index contributed by atoms with van der Waals surface area (Å²) in [6.45, 7) is 6.54. The molecule has 1 rings (SSSR count). The normalized spacial score (nSPS) is 12.5. The number of aryl methyl sites for hydroxylation is 1. The molecular weight excluding hydrogens is 240 g/mol. The van der Waals surface area contributed by atoms with Gasteiger partial charge in [0.15, 0.2) is 5.78 Å². The lowest BCUT2D eigenvalue weighted by Crippen LogP contribution is -2.30. The van der Waals surface area contributed by atoms with E-state index in [9.17, 15) is 4.79 Å². The van der Waals surface area contributed by atoms with E-state index >= 15 is 0 Å². The van der Waals surface area contributed by atoms with Crippen LogP contribution >= 0.6 is 0 Å². The van der Waals surface area contributed by atoms with E-state index in [1.54, 1.807) is 7.11 Å². The minimum absolute atomic E-state index is 0.188. The van der Waals surface area contributed by atoms with Crippen LogP contribution in [0.5, 0.6) is 5.75 Å². The molecule has 0 amide bonds. The van der Waals surface area contributed by atoms with Crippen molar-refractivity contribution in [2.75, 3.05) is 13.7 Å². The van der Waals surface area contributed by atoms with Gasteiger partial charge in [-0.05, 0) is 37.0 Å². The van der Waals surface area contributed by atoms with E-state index in [-0.39, 0.29) is 17.8 Å². The summed E-state index contributed by atoms with van der Waals surface area (Å²) in [4.78, 5) is 12.1. The lowest BCUT2D eigenvalue weighted by molar-refractivity contribution is -0.133. The van der Waals surface area contributed by atoms with Gasteiger partial charge in [-0.25, -0.2) is 0 Å². The van der Waals surface area contributed by atoms with Gasteiger partial charge in [-0.3, -0.25) is 4.79 Å². The third-order valence-electron chi connectivity index (χ3n) is 3.09. The molecule has 0 aliphatic rings. The first-order valence-corrected chi connectivity index (χ1v) is 6.85. The van der Waals surface area contributed by atoms with Gasteiger partial charge in [-0.2, -0.15) is 0 Å². The summed E-state index contributed by atoms with van der Waals surface area (Å²) in [5.74, 6) is 1.25. The number of rotatable bonds is 8. The van der Waals surface area contributed by atoms with E-state index in [4.69, 9.17) is 9.47 Å². The Balaban J connectivity index is 2.52. The third-order valence-corrected chi connectivity index (χ3v) is 3.09. The molecule has 0 spiro atoms. The van der Waals surface area contributed by atoms with E-state index in [0.717, 1.165) is 17.7 Å².